The van der Waals surface area contributed by atoms with Crippen LogP contribution >= 0.6 is 0 Å². The average Bonchev–Trinajstić information content (AvgIpc) is 2.29. The molecule has 0 saturated carbocycles. The van der Waals surface area contributed by atoms with Crippen LogP contribution in [0.4, 0.5) is 5.69 Å². The van der Waals surface area contributed by atoms with E-state index in [-0.39, 0.29) is 5.69 Å². The SMILES string of the molecule is Cc1nc(-c2cccnc2)ccc1[N+](=O)[O-]. The summed E-state index contributed by atoms with van der Waals surface area (Å²) in [6.45, 7) is 1.62. The summed E-state index contributed by atoms with van der Waals surface area (Å²) in [5.41, 5.74) is 1.98. The van der Waals surface area contributed by atoms with E-state index in [1.807, 2.05) is 6.07 Å². The van der Waals surface area contributed by atoms with Crippen molar-refractivity contribution in [1.82, 2.24) is 9.97 Å². The summed E-state index contributed by atoms with van der Waals surface area (Å²) in [6, 6.07) is 6.75. The van der Waals surface area contributed by atoms with Crippen molar-refractivity contribution in [2.24, 2.45) is 0 Å². The average molecular weight is 215 g/mol. The molecule has 16 heavy (non-hydrogen) atoms. The van der Waals surface area contributed by atoms with Crippen molar-refractivity contribution in [3.63, 3.8) is 0 Å². The number of pyridine rings is 2. The third-order valence-electron chi connectivity index (χ3n) is 2.21. The van der Waals surface area contributed by atoms with E-state index in [1.54, 1.807) is 31.5 Å². The Kier molecular flexibility index (Phi) is 2.59. The molecule has 2 aromatic heterocycles. The monoisotopic (exact) mass is 215 g/mol. The fraction of sp³-hybridized carbons (Fsp3) is 0.0909. The number of rotatable bonds is 2. The molecule has 0 N–H and O–H groups in total. The molecular formula is C11H9N3O2. The molecule has 0 aromatic carbocycles. The molecule has 0 amide bonds. The van der Waals surface area contributed by atoms with Crippen molar-refractivity contribution in [1.29, 1.82) is 0 Å². The molecule has 0 radical (unpaired) electrons. The lowest BCUT2D eigenvalue weighted by atomic mass is 10.2. The fourth-order valence-corrected chi connectivity index (χ4v) is 1.42. The van der Waals surface area contributed by atoms with Crippen LogP contribution in [0.1, 0.15) is 5.69 Å². The molecule has 2 rings (SSSR count). The van der Waals surface area contributed by atoms with Crippen LogP contribution in [0, 0.1) is 17.0 Å². The minimum Gasteiger partial charge on any atom is -0.264 e. The maximum Gasteiger partial charge on any atom is 0.290 e. The van der Waals surface area contributed by atoms with Crippen molar-refractivity contribution < 1.29 is 4.92 Å². The van der Waals surface area contributed by atoms with E-state index in [4.69, 9.17) is 0 Å². The van der Waals surface area contributed by atoms with E-state index in [2.05, 4.69) is 9.97 Å². The van der Waals surface area contributed by atoms with Gasteiger partial charge in [0.15, 0.2) is 0 Å². The van der Waals surface area contributed by atoms with Gasteiger partial charge >= 0.3 is 0 Å². The minimum absolute atomic E-state index is 0.0349. The van der Waals surface area contributed by atoms with Gasteiger partial charge in [0.05, 0.1) is 10.6 Å². The first-order valence-electron chi connectivity index (χ1n) is 4.71. The summed E-state index contributed by atoms with van der Waals surface area (Å²) in [5, 5.41) is 10.6. The van der Waals surface area contributed by atoms with Crippen molar-refractivity contribution >= 4 is 5.69 Å². The maximum absolute atomic E-state index is 10.6. The molecule has 0 saturated heterocycles. The molecule has 2 heterocycles. The van der Waals surface area contributed by atoms with Crippen LogP contribution < -0.4 is 0 Å². The minimum atomic E-state index is -0.435. The molecule has 0 atom stereocenters. The Labute approximate surface area is 91.9 Å². The fourth-order valence-electron chi connectivity index (χ4n) is 1.42. The van der Waals surface area contributed by atoms with Crippen LogP contribution in [0.5, 0.6) is 0 Å². The molecule has 2 aromatic rings. The highest BCUT2D eigenvalue weighted by atomic mass is 16.6. The summed E-state index contributed by atoms with van der Waals surface area (Å²) < 4.78 is 0. The Balaban J connectivity index is 2.46. The number of nitrogens with zero attached hydrogens (tertiary/aromatic N) is 3. The third-order valence-corrected chi connectivity index (χ3v) is 2.21. The Hall–Kier alpha value is -2.30. The number of aryl methyl sites for hydroxylation is 1. The lowest BCUT2D eigenvalue weighted by molar-refractivity contribution is -0.385. The van der Waals surface area contributed by atoms with E-state index in [9.17, 15) is 10.1 Å². The number of nitro groups is 1. The summed E-state index contributed by atoms with van der Waals surface area (Å²) in [7, 11) is 0. The van der Waals surface area contributed by atoms with Crippen LogP contribution in [0.25, 0.3) is 11.3 Å². The Morgan fingerprint density at radius 3 is 2.69 bits per heavy atom. The first-order valence-corrected chi connectivity index (χ1v) is 4.71. The summed E-state index contributed by atoms with van der Waals surface area (Å²) in [5.74, 6) is 0. The first-order chi connectivity index (χ1) is 7.68. The molecule has 0 spiro atoms. The van der Waals surface area contributed by atoms with Crippen molar-refractivity contribution in [3.05, 3.63) is 52.5 Å². The molecule has 80 valence electrons. The largest absolute Gasteiger partial charge is 0.290 e. The zero-order chi connectivity index (χ0) is 11.5. The Morgan fingerprint density at radius 1 is 1.31 bits per heavy atom. The van der Waals surface area contributed by atoms with E-state index >= 15 is 0 Å². The summed E-state index contributed by atoms with van der Waals surface area (Å²) >= 11 is 0. The van der Waals surface area contributed by atoms with Crippen LogP contribution in [-0.2, 0) is 0 Å². The van der Waals surface area contributed by atoms with Crippen LogP contribution in [0.3, 0.4) is 0 Å². The molecular weight excluding hydrogens is 206 g/mol. The van der Waals surface area contributed by atoms with Gasteiger partial charge in [-0.3, -0.25) is 15.1 Å². The number of hydrogen-bond acceptors (Lipinski definition) is 4. The van der Waals surface area contributed by atoms with Gasteiger partial charge in [-0.15, -0.1) is 0 Å². The molecule has 5 nitrogen and oxygen atoms in total. The van der Waals surface area contributed by atoms with Crippen LogP contribution in [-0.4, -0.2) is 14.9 Å². The van der Waals surface area contributed by atoms with Gasteiger partial charge in [-0.05, 0) is 25.1 Å². The molecule has 0 aliphatic carbocycles. The van der Waals surface area contributed by atoms with Gasteiger partial charge in [0.2, 0.25) is 0 Å². The van der Waals surface area contributed by atoms with E-state index < -0.39 is 4.92 Å². The van der Waals surface area contributed by atoms with Gasteiger partial charge in [0.25, 0.3) is 5.69 Å². The second-order valence-electron chi connectivity index (χ2n) is 3.30. The smallest absolute Gasteiger partial charge is 0.264 e. The summed E-state index contributed by atoms with van der Waals surface area (Å²) in [6.07, 6.45) is 3.34. The Bertz CT molecular complexity index is 526. The predicted molar refractivity (Wildman–Crippen MR) is 58.9 cm³/mol. The van der Waals surface area contributed by atoms with Crippen LogP contribution in [0.15, 0.2) is 36.7 Å². The van der Waals surface area contributed by atoms with Crippen molar-refractivity contribution in [2.45, 2.75) is 6.92 Å². The van der Waals surface area contributed by atoms with E-state index in [0.717, 1.165) is 5.56 Å². The highest BCUT2D eigenvalue weighted by molar-refractivity contribution is 5.59. The lowest BCUT2D eigenvalue weighted by Crippen LogP contribution is -1.95. The van der Waals surface area contributed by atoms with Gasteiger partial charge in [0, 0.05) is 24.0 Å². The second kappa shape index (κ2) is 4.06. The number of hydrogen-bond donors (Lipinski definition) is 0. The molecule has 0 fully saturated rings. The second-order valence-corrected chi connectivity index (χ2v) is 3.30. The highest BCUT2D eigenvalue weighted by Gasteiger charge is 2.12. The lowest BCUT2D eigenvalue weighted by Gasteiger charge is -2.01. The normalized spacial score (nSPS) is 10.1. The standard InChI is InChI=1S/C11H9N3O2/c1-8-11(14(15)16)5-4-10(13-8)9-3-2-6-12-7-9/h2-7H,1H3. The molecule has 0 aliphatic rings. The third kappa shape index (κ3) is 1.88. The van der Waals surface area contributed by atoms with Gasteiger partial charge < -0.3 is 0 Å². The van der Waals surface area contributed by atoms with E-state index in [0.29, 0.717) is 11.4 Å². The van der Waals surface area contributed by atoms with E-state index in [1.165, 1.54) is 6.07 Å². The maximum atomic E-state index is 10.6. The Morgan fingerprint density at radius 2 is 2.12 bits per heavy atom. The first kappa shape index (κ1) is 10.2. The zero-order valence-electron chi connectivity index (χ0n) is 8.62. The van der Waals surface area contributed by atoms with Gasteiger partial charge in [-0.1, -0.05) is 0 Å². The molecule has 5 heteroatoms. The van der Waals surface area contributed by atoms with Gasteiger partial charge in [-0.2, -0.15) is 0 Å². The molecule has 0 aliphatic heterocycles. The van der Waals surface area contributed by atoms with Crippen LogP contribution in [0.2, 0.25) is 0 Å². The van der Waals surface area contributed by atoms with Gasteiger partial charge in [-0.25, -0.2) is 4.98 Å². The zero-order valence-corrected chi connectivity index (χ0v) is 8.62. The molecule has 0 bridgehead atoms. The topological polar surface area (TPSA) is 68.9 Å². The van der Waals surface area contributed by atoms with Crippen molar-refractivity contribution in [2.75, 3.05) is 0 Å². The van der Waals surface area contributed by atoms with Gasteiger partial charge in [0.1, 0.15) is 5.69 Å². The summed E-state index contributed by atoms with van der Waals surface area (Å²) in [4.78, 5) is 18.3. The van der Waals surface area contributed by atoms with Crippen molar-refractivity contribution in [3.8, 4) is 11.3 Å². The molecule has 0 unspecified atom stereocenters. The highest BCUT2D eigenvalue weighted by Crippen LogP contribution is 2.21. The number of aromatic nitrogens is 2. The quantitative estimate of drug-likeness (QED) is 0.569. The predicted octanol–water partition coefficient (Wildman–Crippen LogP) is 2.36.